The van der Waals surface area contributed by atoms with Crippen LogP contribution in [0.4, 0.5) is 0 Å². The van der Waals surface area contributed by atoms with Gasteiger partial charge in [-0.25, -0.2) is 9.97 Å². The largest absolute Gasteiger partial charge is 0.497 e. The van der Waals surface area contributed by atoms with Gasteiger partial charge in [-0.1, -0.05) is 0 Å². The molecule has 0 fully saturated rings. The molecule has 0 bridgehead atoms. The fraction of sp³-hybridized carbons (Fsp3) is 0.167. The second kappa shape index (κ2) is 4.99. The first-order chi connectivity index (χ1) is 7.85. The highest BCUT2D eigenvalue weighted by atomic mass is 32.2. The van der Waals surface area contributed by atoms with Crippen molar-refractivity contribution in [2.45, 2.75) is 4.90 Å². The van der Waals surface area contributed by atoms with Crippen LogP contribution in [0.3, 0.4) is 0 Å². The normalized spacial score (nSPS) is 10.1. The molecule has 3 nitrogen and oxygen atoms in total. The predicted octanol–water partition coefficient (Wildman–Crippen LogP) is 2.87. The van der Waals surface area contributed by atoms with E-state index in [9.17, 15) is 0 Å². The van der Waals surface area contributed by atoms with Crippen LogP contribution in [-0.4, -0.2) is 23.3 Å². The molecule has 0 atom stereocenters. The Hall–Kier alpha value is -1.55. The van der Waals surface area contributed by atoms with E-state index >= 15 is 0 Å². The van der Waals surface area contributed by atoms with Crippen molar-refractivity contribution in [1.82, 2.24) is 9.97 Å². The van der Waals surface area contributed by atoms with Crippen molar-refractivity contribution in [3.05, 3.63) is 36.7 Å². The summed E-state index contributed by atoms with van der Waals surface area (Å²) in [5.41, 5.74) is 1.04. The van der Waals surface area contributed by atoms with Crippen LogP contribution in [0.1, 0.15) is 0 Å². The maximum Gasteiger partial charge on any atom is 0.160 e. The first-order valence-corrected chi connectivity index (χ1v) is 6.07. The highest BCUT2D eigenvalue weighted by Crippen LogP contribution is 2.31. The number of rotatable bonds is 3. The standard InChI is InChI=1S/C12H12N2OS/c1-15-9-4-5-10(11(8-9)16-2)12-13-6-3-7-14-12/h3-8H,1-2H3. The fourth-order valence-corrected chi connectivity index (χ4v) is 2.03. The van der Waals surface area contributed by atoms with Crippen LogP contribution in [0.5, 0.6) is 5.75 Å². The molecule has 0 amide bonds. The second-order valence-electron chi connectivity index (χ2n) is 3.14. The maximum atomic E-state index is 5.19. The van der Waals surface area contributed by atoms with Gasteiger partial charge in [0.15, 0.2) is 5.82 Å². The summed E-state index contributed by atoms with van der Waals surface area (Å²) in [6.45, 7) is 0. The molecule has 1 aromatic heterocycles. The molecule has 0 spiro atoms. The molecule has 0 aliphatic rings. The molecule has 0 saturated heterocycles. The van der Waals surface area contributed by atoms with Crippen molar-refractivity contribution in [3.63, 3.8) is 0 Å². The second-order valence-corrected chi connectivity index (χ2v) is 3.99. The molecule has 2 aromatic rings. The SMILES string of the molecule is COc1ccc(-c2ncccn2)c(SC)c1. The number of benzene rings is 1. The average Bonchev–Trinajstić information content (AvgIpc) is 2.39. The maximum absolute atomic E-state index is 5.19. The number of hydrogen-bond donors (Lipinski definition) is 0. The molecular weight excluding hydrogens is 220 g/mol. The Balaban J connectivity index is 2.49. The van der Waals surface area contributed by atoms with Gasteiger partial charge in [0.05, 0.1) is 7.11 Å². The van der Waals surface area contributed by atoms with E-state index in [0.717, 1.165) is 22.0 Å². The van der Waals surface area contributed by atoms with E-state index in [0.29, 0.717) is 0 Å². The predicted molar refractivity (Wildman–Crippen MR) is 65.8 cm³/mol. The quantitative estimate of drug-likeness (QED) is 0.762. The van der Waals surface area contributed by atoms with Crippen molar-refractivity contribution in [3.8, 4) is 17.1 Å². The zero-order valence-corrected chi connectivity index (χ0v) is 9.99. The number of nitrogens with zero attached hydrogens (tertiary/aromatic N) is 2. The summed E-state index contributed by atoms with van der Waals surface area (Å²) in [6.07, 6.45) is 5.52. The molecule has 82 valence electrons. The Morgan fingerprint density at radius 1 is 1.19 bits per heavy atom. The molecule has 0 aliphatic carbocycles. The molecule has 16 heavy (non-hydrogen) atoms. The van der Waals surface area contributed by atoms with Crippen molar-refractivity contribution < 1.29 is 4.74 Å². The first kappa shape index (κ1) is 11.0. The van der Waals surface area contributed by atoms with Gasteiger partial charge in [0.1, 0.15) is 5.75 Å². The van der Waals surface area contributed by atoms with E-state index in [2.05, 4.69) is 9.97 Å². The Labute approximate surface area is 98.9 Å². The molecule has 0 aliphatic heterocycles. The van der Waals surface area contributed by atoms with E-state index in [1.807, 2.05) is 30.5 Å². The van der Waals surface area contributed by atoms with Crippen LogP contribution in [0.15, 0.2) is 41.6 Å². The Bertz CT molecular complexity index is 474. The summed E-state index contributed by atoms with van der Waals surface area (Å²) in [7, 11) is 1.66. The van der Waals surface area contributed by atoms with Crippen molar-refractivity contribution in [2.75, 3.05) is 13.4 Å². The van der Waals surface area contributed by atoms with Gasteiger partial charge in [-0.15, -0.1) is 11.8 Å². The number of hydrogen-bond acceptors (Lipinski definition) is 4. The van der Waals surface area contributed by atoms with Gasteiger partial charge in [-0.2, -0.15) is 0 Å². The van der Waals surface area contributed by atoms with Gasteiger partial charge in [0.25, 0.3) is 0 Å². The van der Waals surface area contributed by atoms with Crippen LogP contribution in [0.25, 0.3) is 11.4 Å². The zero-order valence-electron chi connectivity index (χ0n) is 9.18. The number of ether oxygens (including phenoxy) is 1. The lowest BCUT2D eigenvalue weighted by atomic mass is 10.2. The van der Waals surface area contributed by atoms with E-state index in [1.54, 1.807) is 31.3 Å². The van der Waals surface area contributed by atoms with Crippen molar-refractivity contribution in [2.24, 2.45) is 0 Å². The third-order valence-corrected chi connectivity index (χ3v) is 2.99. The lowest BCUT2D eigenvalue weighted by molar-refractivity contribution is 0.414. The minimum Gasteiger partial charge on any atom is -0.497 e. The molecule has 0 radical (unpaired) electrons. The first-order valence-electron chi connectivity index (χ1n) is 4.84. The molecular formula is C12H12N2OS. The third-order valence-electron chi connectivity index (χ3n) is 2.22. The summed E-state index contributed by atoms with van der Waals surface area (Å²) in [5, 5.41) is 0. The van der Waals surface area contributed by atoms with Crippen molar-refractivity contribution >= 4 is 11.8 Å². The van der Waals surface area contributed by atoms with Crippen LogP contribution >= 0.6 is 11.8 Å². The molecule has 0 N–H and O–H groups in total. The Morgan fingerprint density at radius 2 is 1.94 bits per heavy atom. The summed E-state index contributed by atoms with van der Waals surface area (Å²) < 4.78 is 5.19. The number of aromatic nitrogens is 2. The van der Waals surface area contributed by atoms with E-state index in [1.165, 1.54) is 0 Å². The van der Waals surface area contributed by atoms with Crippen LogP contribution in [0.2, 0.25) is 0 Å². The molecule has 0 unspecified atom stereocenters. The molecule has 1 aromatic carbocycles. The molecule has 2 rings (SSSR count). The number of thioether (sulfide) groups is 1. The monoisotopic (exact) mass is 232 g/mol. The fourth-order valence-electron chi connectivity index (χ4n) is 1.42. The van der Waals surface area contributed by atoms with E-state index in [-0.39, 0.29) is 0 Å². The van der Waals surface area contributed by atoms with Gasteiger partial charge in [-0.05, 0) is 30.5 Å². The zero-order chi connectivity index (χ0) is 11.4. The molecule has 4 heteroatoms. The van der Waals surface area contributed by atoms with Crippen LogP contribution in [0, 0.1) is 0 Å². The van der Waals surface area contributed by atoms with Gasteiger partial charge in [0.2, 0.25) is 0 Å². The highest BCUT2D eigenvalue weighted by molar-refractivity contribution is 7.98. The van der Waals surface area contributed by atoms with Gasteiger partial charge >= 0.3 is 0 Å². The summed E-state index contributed by atoms with van der Waals surface area (Å²) in [5.74, 6) is 1.60. The molecule has 1 heterocycles. The van der Waals surface area contributed by atoms with Crippen molar-refractivity contribution in [1.29, 1.82) is 0 Å². The minimum atomic E-state index is 0.745. The van der Waals surface area contributed by atoms with E-state index in [4.69, 9.17) is 4.74 Å². The Morgan fingerprint density at radius 3 is 2.56 bits per heavy atom. The van der Waals surface area contributed by atoms with Gasteiger partial charge < -0.3 is 4.74 Å². The van der Waals surface area contributed by atoms with Crippen LogP contribution in [-0.2, 0) is 0 Å². The smallest absolute Gasteiger partial charge is 0.160 e. The molecule has 0 saturated carbocycles. The summed E-state index contributed by atoms with van der Waals surface area (Å²) in [4.78, 5) is 9.61. The average molecular weight is 232 g/mol. The Kier molecular flexibility index (Phi) is 3.41. The topological polar surface area (TPSA) is 35.0 Å². The summed E-state index contributed by atoms with van der Waals surface area (Å²) in [6, 6.07) is 7.72. The minimum absolute atomic E-state index is 0.745. The lowest BCUT2D eigenvalue weighted by Gasteiger charge is -2.07. The van der Waals surface area contributed by atoms with Gasteiger partial charge in [0, 0.05) is 22.9 Å². The third kappa shape index (κ3) is 2.17. The van der Waals surface area contributed by atoms with Crippen LogP contribution < -0.4 is 4.74 Å². The van der Waals surface area contributed by atoms with E-state index < -0.39 is 0 Å². The summed E-state index contributed by atoms with van der Waals surface area (Å²) >= 11 is 1.66. The number of methoxy groups -OCH3 is 1. The lowest BCUT2D eigenvalue weighted by Crippen LogP contribution is -1.90. The van der Waals surface area contributed by atoms with Gasteiger partial charge in [-0.3, -0.25) is 0 Å². The highest BCUT2D eigenvalue weighted by Gasteiger charge is 2.07.